The van der Waals surface area contributed by atoms with E-state index >= 15 is 0 Å². The summed E-state index contributed by atoms with van der Waals surface area (Å²) in [5, 5.41) is 17.9. The fourth-order valence-electron chi connectivity index (χ4n) is 1.07. The van der Waals surface area contributed by atoms with Crippen LogP contribution >= 0.6 is 0 Å². The Hall–Kier alpha value is -1.07. The highest BCUT2D eigenvalue weighted by molar-refractivity contribution is 7.91. The van der Waals surface area contributed by atoms with E-state index in [0.29, 0.717) is 0 Å². The third kappa shape index (κ3) is 2.71. The van der Waals surface area contributed by atoms with Crippen LogP contribution in [0.15, 0.2) is 29.2 Å². The molecule has 1 unspecified atom stereocenters. The molecule has 1 atom stereocenters. The molecule has 0 aliphatic carbocycles. The SMILES string of the molecule is CC(O)CS(=O)(=O)c1ccc(O)cc1. The monoisotopic (exact) mass is 216 g/mol. The lowest BCUT2D eigenvalue weighted by Gasteiger charge is -2.06. The summed E-state index contributed by atoms with van der Waals surface area (Å²) in [6, 6.07) is 5.23. The van der Waals surface area contributed by atoms with Crippen molar-refractivity contribution in [1.29, 1.82) is 0 Å². The first-order valence-corrected chi connectivity index (χ1v) is 5.77. The van der Waals surface area contributed by atoms with E-state index < -0.39 is 15.9 Å². The van der Waals surface area contributed by atoms with Gasteiger partial charge in [-0.3, -0.25) is 0 Å². The Morgan fingerprint density at radius 3 is 2.21 bits per heavy atom. The fraction of sp³-hybridized carbons (Fsp3) is 0.333. The first kappa shape index (κ1) is 11.0. The van der Waals surface area contributed by atoms with Crippen molar-refractivity contribution in [2.45, 2.75) is 17.9 Å². The molecular weight excluding hydrogens is 204 g/mol. The highest BCUT2D eigenvalue weighted by atomic mass is 32.2. The summed E-state index contributed by atoms with van der Waals surface area (Å²) in [5.41, 5.74) is 0. The van der Waals surface area contributed by atoms with Crippen LogP contribution in [-0.2, 0) is 9.84 Å². The summed E-state index contributed by atoms with van der Waals surface area (Å²) in [6.45, 7) is 1.41. The maximum atomic E-state index is 11.5. The van der Waals surface area contributed by atoms with Crippen molar-refractivity contribution in [3.05, 3.63) is 24.3 Å². The predicted molar refractivity (Wildman–Crippen MR) is 51.8 cm³/mol. The number of rotatable bonds is 3. The molecule has 5 heteroatoms. The van der Waals surface area contributed by atoms with Gasteiger partial charge in [0.25, 0.3) is 0 Å². The molecular formula is C9H12O4S. The Kier molecular flexibility index (Phi) is 3.13. The first-order chi connectivity index (χ1) is 6.42. The Bertz CT molecular complexity index is 391. The second-order valence-electron chi connectivity index (χ2n) is 3.12. The standard InChI is InChI=1S/C9H12O4S/c1-7(10)6-14(12,13)9-4-2-8(11)3-5-9/h2-5,7,10-11H,6H2,1H3. The van der Waals surface area contributed by atoms with Crippen molar-refractivity contribution in [1.82, 2.24) is 0 Å². The molecule has 78 valence electrons. The Labute approximate surface area is 82.7 Å². The molecule has 0 heterocycles. The van der Waals surface area contributed by atoms with E-state index in [1.54, 1.807) is 0 Å². The average molecular weight is 216 g/mol. The van der Waals surface area contributed by atoms with Crippen LogP contribution in [0.25, 0.3) is 0 Å². The van der Waals surface area contributed by atoms with E-state index in [1.807, 2.05) is 0 Å². The number of phenols is 1. The Balaban J connectivity index is 2.99. The molecule has 2 N–H and O–H groups in total. The van der Waals surface area contributed by atoms with Gasteiger partial charge >= 0.3 is 0 Å². The van der Waals surface area contributed by atoms with Gasteiger partial charge in [0.15, 0.2) is 9.84 Å². The predicted octanol–water partition coefficient (Wildman–Crippen LogP) is 0.547. The van der Waals surface area contributed by atoms with Crippen molar-refractivity contribution >= 4 is 9.84 Å². The van der Waals surface area contributed by atoms with E-state index in [-0.39, 0.29) is 16.4 Å². The van der Waals surface area contributed by atoms with Crippen molar-refractivity contribution in [3.63, 3.8) is 0 Å². The van der Waals surface area contributed by atoms with E-state index in [4.69, 9.17) is 10.2 Å². The summed E-state index contributed by atoms with van der Waals surface area (Å²) in [4.78, 5) is 0.108. The van der Waals surface area contributed by atoms with Crippen LogP contribution in [0.5, 0.6) is 5.75 Å². The maximum Gasteiger partial charge on any atom is 0.180 e. The number of aliphatic hydroxyl groups is 1. The molecule has 1 aromatic carbocycles. The zero-order chi connectivity index (χ0) is 10.8. The van der Waals surface area contributed by atoms with Crippen LogP contribution in [-0.4, -0.2) is 30.5 Å². The minimum absolute atomic E-state index is 0.0148. The minimum Gasteiger partial charge on any atom is -0.508 e. The Morgan fingerprint density at radius 1 is 1.29 bits per heavy atom. The molecule has 0 amide bonds. The number of sulfone groups is 1. The molecule has 0 aliphatic rings. The van der Waals surface area contributed by atoms with Crippen molar-refractivity contribution in [2.24, 2.45) is 0 Å². The van der Waals surface area contributed by atoms with Gasteiger partial charge in [-0.25, -0.2) is 8.42 Å². The molecule has 0 bridgehead atoms. The van der Waals surface area contributed by atoms with Crippen LogP contribution in [0.3, 0.4) is 0 Å². The van der Waals surface area contributed by atoms with Gasteiger partial charge < -0.3 is 10.2 Å². The van der Waals surface area contributed by atoms with Crippen LogP contribution in [0.2, 0.25) is 0 Å². The number of aliphatic hydroxyl groups excluding tert-OH is 1. The summed E-state index contributed by atoms with van der Waals surface area (Å²) in [6.07, 6.45) is -0.895. The fourth-order valence-corrected chi connectivity index (χ4v) is 2.45. The van der Waals surface area contributed by atoms with E-state index in [0.717, 1.165) is 0 Å². The van der Waals surface area contributed by atoms with Gasteiger partial charge in [-0.15, -0.1) is 0 Å². The number of hydrogen-bond donors (Lipinski definition) is 2. The van der Waals surface area contributed by atoms with Crippen LogP contribution in [0.1, 0.15) is 6.92 Å². The quantitative estimate of drug-likeness (QED) is 0.773. The third-order valence-corrected chi connectivity index (χ3v) is 3.57. The molecule has 0 aliphatic heterocycles. The highest BCUT2D eigenvalue weighted by Crippen LogP contribution is 2.16. The van der Waals surface area contributed by atoms with Crippen LogP contribution < -0.4 is 0 Å². The number of aromatic hydroxyl groups is 1. The normalized spacial score (nSPS) is 13.9. The van der Waals surface area contributed by atoms with E-state index in [9.17, 15) is 8.42 Å². The van der Waals surface area contributed by atoms with Gasteiger partial charge in [-0.1, -0.05) is 0 Å². The smallest absolute Gasteiger partial charge is 0.180 e. The van der Waals surface area contributed by atoms with Crippen LogP contribution in [0.4, 0.5) is 0 Å². The molecule has 14 heavy (non-hydrogen) atoms. The molecule has 0 spiro atoms. The molecule has 0 saturated carbocycles. The van der Waals surface area contributed by atoms with Crippen molar-refractivity contribution in [3.8, 4) is 5.75 Å². The third-order valence-electron chi connectivity index (χ3n) is 1.66. The lowest BCUT2D eigenvalue weighted by atomic mass is 10.3. The Morgan fingerprint density at radius 2 is 1.79 bits per heavy atom. The summed E-state index contributed by atoms with van der Waals surface area (Å²) in [7, 11) is -3.44. The lowest BCUT2D eigenvalue weighted by Crippen LogP contribution is -2.17. The zero-order valence-corrected chi connectivity index (χ0v) is 8.53. The van der Waals surface area contributed by atoms with Crippen LogP contribution in [0, 0.1) is 0 Å². The molecule has 0 aromatic heterocycles. The van der Waals surface area contributed by atoms with Gasteiger partial charge in [-0.05, 0) is 31.2 Å². The molecule has 4 nitrogen and oxygen atoms in total. The van der Waals surface area contributed by atoms with Crippen molar-refractivity contribution < 1.29 is 18.6 Å². The summed E-state index contributed by atoms with van der Waals surface area (Å²) >= 11 is 0. The van der Waals surface area contributed by atoms with Crippen molar-refractivity contribution in [2.75, 3.05) is 5.75 Å². The average Bonchev–Trinajstić information content (AvgIpc) is 2.02. The van der Waals surface area contributed by atoms with E-state index in [2.05, 4.69) is 0 Å². The largest absolute Gasteiger partial charge is 0.508 e. The minimum atomic E-state index is -3.44. The lowest BCUT2D eigenvalue weighted by molar-refractivity contribution is 0.218. The highest BCUT2D eigenvalue weighted by Gasteiger charge is 2.16. The molecule has 1 aromatic rings. The molecule has 0 fully saturated rings. The second-order valence-corrected chi connectivity index (χ2v) is 5.16. The number of benzene rings is 1. The molecule has 0 radical (unpaired) electrons. The molecule has 1 rings (SSSR count). The molecule has 0 saturated heterocycles. The first-order valence-electron chi connectivity index (χ1n) is 4.11. The van der Waals surface area contributed by atoms with Gasteiger partial charge in [0.1, 0.15) is 5.75 Å². The van der Waals surface area contributed by atoms with Gasteiger partial charge in [0, 0.05) is 0 Å². The summed E-state index contributed by atoms with van der Waals surface area (Å²) < 4.78 is 23.0. The number of phenolic OH excluding ortho intramolecular Hbond substituents is 1. The second kappa shape index (κ2) is 3.98. The summed E-state index contributed by atoms with van der Waals surface area (Å²) in [5.74, 6) is -0.293. The van der Waals surface area contributed by atoms with Gasteiger partial charge in [-0.2, -0.15) is 0 Å². The maximum absolute atomic E-state index is 11.5. The van der Waals surface area contributed by atoms with Gasteiger partial charge in [0.2, 0.25) is 0 Å². The van der Waals surface area contributed by atoms with Gasteiger partial charge in [0.05, 0.1) is 16.8 Å². The topological polar surface area (TPSA) is 74.6 Å². The number of hydrogen-bond acceptors (Lipinski definition) is 4. The zero-order valence-electron chi connectivity index (χ0n) is 7.71. The van der Waals surface area contributed by atoms with E-state index in [1.165, 1.54) is 31.2 Å².